The van der Waals surface area contributed by atoms with E-state index in [2.05, 4.69) is 19.2 Å². The van der Waals surface area contributed by atoms with Crippen LogP contribution in [-0.2, 0) is 4.79 Å². The summed E-state index contributed by atoms with van der Waals surface area (Å²) in [5, 5.41) is 12.3. The number of nitrogens with zero attached hydrogens (tertiary/aromatic N) is 3. The maximum atomic E-state index is 12.6. The molecule has 1 aromatic heterocycles. The number of furan rings is 1. The van der Waals surface area contributed by atoms with Crippen molar-refractivity contribution in [2.24, 2.45) is 0 Å². The smallest absolute Gasteiger partial charge is 0.289 e. The van der Waals surface area contributed by atoms with E-state index in [1.165, 1.54) is 6.26 Å². The van der Waals surface area contributed by atoms with Gasteiger partial charge in [-0.3, -0.25) is 9.59 Å². The minimum absolute atomic E-state index is 0.0365. The molecule has 0 aliphatic carbocycles. The molecule has 1 aliphatic rings. The summed E-state index contributed by atoms with van der Waals surface area (Å²) in [6.45, 7) is 6.16. The van der Waals surface area contributed by atoms with Gasteiger partial charge in [-0.15, -0.1) is 0 Å². The number of hydrogen-bond acceptors (Lipinski definition) is 5. The molecule has 0 spiro atoms. The first kappa shape index (κ1) is 20.2. The van der Waals surface area contributed by atoms with E-state index in [1.807, 2.05) is 35.2 Å². The molecule has 1 saturated heterocycles. The number of carbonyl (C=O) groups is 2. The Morgan fingerprint density at radius 3 is 2.48 bits per heavy atom. The van der Waals surface area contributed by atoms with E-state index >= 15 is 0 Å². The van der Waals surface area contributed by atoms with Gasteiger partial charge in [0.25, 0.3) is 11.8 Å². The SMILES string of the molecule is CC(C)c1ccccc1NC(=O)/C(C#N)=C\N1CCN(C(=O)c2ccco2)CC1. The minimum atomic E-state index is -0.435. The first-order valence-electron chi connectivity index (χ1n) is 9.58. The molecule has 1 aliphatic heterocycles. The molecule has 0 bridgehead atoms. The third-order valence-electron chi connectivity index (χ3n) is 4.84. The lowest BCUT2D eigenvalue weighted by Crippen LogP contribution is -2.47. The highest BCUT2D eigenvalue weighted by Crippen LogP contribution is 2.24. The standard InChI is InChI=1S/C22H24N4O3/c1-16(2)18-6-3-4-7-19(18)24-21(27)17(14-23)15-25-9-11-26(12-10-25)22(28)20-8-5-13-29-20/h3-8,13,15-16H,9-12H2,1-2H3,(H,24,27)/b17-15-. The fourth-order valence-electron chi connectivity index (χ4n) is 3.23. The topological polar surface area (TPSA) is 89.6 Å². The number of para-hydroxylation sites is 1. The predicted octanol–water partition coefficient (Wildman–Crippen LogP) is 3.21. The van der Waals surface area contributed by atoms with Crippen molar-refractivity contribution >= 4 is 17.5 Å². The monoisotopic (exact) mass is 392 g/mol. The molecule has 3 rings (SSSR count). The molecular formula is C22H24N4O3. The molecule has 0 saturated carbocycles. The molecule has 0 atom stereocenters. The fourth-order valence-corrected chi connectivity index (χ4v) is 3.23. The van der Waals surface area contributed by atoms with Crippen LogP contribution in [0.5, 0.6) is 0 Å². The third kappa shape index (κ3) is 4.85. The van der Waals surface area contributed by atoms with Crippen LogP contribution < -0.4 is 5.32 Å². The van der Waals surface area contributed by atoms with Crippen LogP contribution in [0.1, 0.15) is 35.9 Å². The van der Waals surface area contributed by atoms with Gasteiger partial charge in [0.1, 0.15) is 11.6 Å². The third-order valence-corrected chi connectivity index (χ3v) is 4.84. The molecule has 0 unspecified atom stereocenters. The van der Waals surface area contributed by atoms with Crippen LogP contribution in [0.2, 0.25) is 0 Å². The molecule has 2 aromatic rings. The Bertz CT molecular complexity index is 933. The normalized spacial score (nSPS) is 14.6. The lowest BCUT2D eigenvalue weighted by molar-refractivity contribution is -0.112. The fraction of sp³-hybridized carbons (Fsp3) is 0.318. The average Bonchev–Trinajstić information content (AvgIpc) is 3.27. The van der Waals surface area contributed by atoms with E-state index in [0.717, 1.165) is 5.56 Å². The molecule has 7 heteroatoms. The summed E-state index contributed by atoms with van der Waals surface area (Å²) in [6, 6.07) is 12.9. The number of amides is 2. The molecule has 0 radical (unpaired) electrons. The van der Waals surface area contributed by atoms with Gasteiger partial charge in [-0.25, -0.2) is 0 Å². The number of nitrogens with one attached hydrogen (secondary N) is 1. The molecule has 1 fully saturated rings. The van der Waals surface area contributed by atoms with E-state index in [1.54, 1.807) is 23.2 Å². The zero-order valence-electron chi connectivity index (χ0n) is 16.6. The van der Waals surface area contributed by atoms with Crippen molar-refractivity contribution in [2.75, 3.05) is 31.5 Å². The number of carbonyl (C=O) groups excluding carboxylic acids is 2. The second-order valence-electron chi connectivity index (χ2n) is 7.16. The predicted molar refractivity (Wildman–Crippen MR) is 109 cm³/mol. The highest BCUT2D eigenvalue weighted by molar-refractivity contribution is 6.06. The van der Waals surface area contributed by atoms with Gasteiger partial charge in [0.2, 0.25) is 0 Å². The zero-order valence-corrected chi connectivity index (χ0v) is 16.6. The molecule has 1 aromatic carbocycles. The maximum absolute atomic E-state index is 12.6. The number of nitriles is 1. The molecular weight excluding hydrogens is 368 g/mol. The minimum Gasteiger partial charge on any atom is -0.459 e. The largest absolute Gasteiger partial charge is 0.459 e. The second-order valence-corrected chi connectivity index (χ2v) is 7.16. The zero-order chi connectivity index (χ0) is 20.8. The van der Waals surface area contributed by atoms with Gasteiger partial charge in [-0.2, -0.15) is 5.26 Å². The lowest BCUT2D eigenvalue weighted by Gasteiger charge is -2.33. The van der Waals surface area contributed by atoms with Crippen LogP contribution in [0.25, 0.3) is 0 Å². The lowest BCUT2D eigenvalue weighted by atomic mass is 10.0. The van der Waals surface area contributed by atoms with Gasteiger partial charge in [0.15, 0.2) is 5.76 Å². The van der Waals surface area contributed by atoms with Crippen molar-refractivity contribution in [3.05, 3.63) is 65.8 Å². The summed E-state index contributed by atoms with van der Waals surface area (Å²) in [6.07, 6.45) is 3.05. The second kappa shape index (κ2) is 9.11. The Labute approximate surface area is 170 Å². The summed E-state index contributed by atoms with van der Waals surface area (Å²) < 4.78 is 5.16. The summed E-state index contributed by atoms with van der Waals surface area (Å²) in [5.74, 6) is -0.0208. The van der Waals surface area contributed by atoms with Gasteiger partial charge in [-0.05, 0) is 29.7 Å². The van der Waals surface area contributed by atoms with Gasteiger partial charge in [0, 0.05) is 38.1 Å². The highest BCUT2D eigenvalue weighted by Gasteiger charge is 2.23. The van der Waals surface area contributed by atoms with Crippen molar-refractivity contribution in [1.29, 1.82) is 5.26 Å². The van der Waals surface area contributed by atoms with Crippen molar-refractivity contribution in [1.82, 2.24) is 9.80 Å². The number of hydrogen-bond donors (Lipinski definition) is 1. The summed E-state index contributed by atoms with van der Waals surface area (Å²) in [4.78, 5) is 28.5. The molecule has 2 heterocycles. The van der Waals surface area contributed by atoms with E-state index in [4.69, 9.17) is 4.42 Å². The molecule has 2 amide bonds. The first-order valence-corrected chi connectivity index (χ1v) is 9.58. The maximum Gasteiger partial charge on any atom is 0.289 e. The van der Waals surface area contributed by atoms with Crippen LogP contribution >= 0.6 is 0 Å². The Morgan fingerprint density at radius 1 is 1.14 bits per heavy atom. The van der Waals surface area contributed by atoms with E-state index in [9.17, 15) is 14.9 Å². The van der Waals surface area contributed by atoms with Gasteiger partial charge >= 0.3 is 0 Å². The molecule has 7 nitrogen and oxygen atoms in total. The Balaban J connectivity index is 1.63. The Morgan fingerprint density at radius 2 is 1.86 bits per heavy atom. The summed E-state index contributed by atoms with van der Waals surface area (Å²) in [7, 11) is 0. The molecule has 1 N–H and O–H groups in total. The van der Waals surface area contributed by atoms with Crippen LogP contribution in [0, 0.1) is 11.3 Å². The van der Waals surface area contributed by atoms with Gasteiger partial charge < -0.3 is 19.5 Å². The van der Waals surface area contributed by atoms with Crippen molar-refractivity contribution in [2.45, 2.75) is 19.8 Å². The van der Waals surface area contributed by atoms with E-state index in [0.29, 0.717) is 37.6 Å². The van der Waals surface area contributed by atoms with Gasteiger partial charge in [0.05, 0.1) is 6.26 Å². The van der Waals surface area contributed by atoms with Crippen LogP contribution in [0.4, 0.5) is 5.69 Å². The molecule has 29 heavy (non-hydrogen) atoms. The van der Waals surface area contributed by atoms with Crippen LogP contribution in [-0.4, -0.2) is 47.8 Å². The number of piperazine rings is 1. The highest BCUT2D eigenvalue weighted by atomic mass is 16.3. The number of rotatable bonds is 5. The Hall–Kier alpha value is -3.53. The van der Waals surface area contributed by atoms with Crippen molar-refractivity contribution < 1.29 is 14.0 Å². The van der Waals surface area contributed by atoms with Crippen molar-refractivity contribution in [3.63, 3.8) is 0 Å². The first-order chi connectivity index (χ1) is 14.0. The number of anilines is 1. The summed E-state index contributed by atoms with van der Waals surface area (Å²) in [5.41, 5.74) is 1.76. The quantitative estimate of drug-likeness (QED) is 0.623. The van der Waals surface area contributed by atoms with Gasteiger partial charge in [-0.1, -0.05) is 32.0 Å². The van der Waals surface area contributed by atoms with E-state index in [-0.39, 0.29) is 17.4 Å². The average molecular weight is 392 g/mol. The van der Waals surface area contributed by atoms with Crippen LogP contribution in [0.15, 0.2) is 58.9 Å². The van der Waals surface area contributed by atoms with E-state index < -0.39 is 5.91 Å². The van der Waals surface area contributed by atoms with Crippen LogP contribution in [0.3, 0.4) is 0 Å². The van der Waals surface area contributed by atoms with Crippen molar-refractivity contribution in [3.8, 4) is 6.07 Å². The Kier molecular flexibility index (Phi) is 6.35. The summed E-state index contributed by atoms with van der Waals surface area (Å²) >= 11 is 0. The number of benzene rings is 1. The molecule has 150 valence electrons.